The van der Waals surface area contributed by atoms with E-state index in [1.54, 1.807) is 19.1 Å². The summed E-state index contributed by atoms with van der Waals surface area (Å²) in [6.07, 6.45) is 6.01. The van der Waals surface area contributed by atoms with E-state index >= 15 is 0 Å². The summed E-state index contributed by atoms with van der Waals surface area (Å²) in [6, 6.07) is 1.58. The van der Waals surface area contributed by atoms with Crippen molar-refractivity contribution in [3.8, 4) is 0 Å². The van der Waals surface area contributed by atoms with Gasteiger partial charge in [-0.15, -0.1) is 0 Å². The molecule has 0 unspecified atom stereocenters. The summed E-state index contributed by atoms with van der Waals surface area (Å²) in [5.41, 5.74) is -0.502. The van der Waals surface area contributed by atoms with Crippen LogP contribution in [0.3, 0.4) is 0 Å². The van der Waals surface area contributed by atoms with E-state index in [-0.39, 0.29) is 0 Å². The van der Waals surface area contributed by atoms with Crippen LogP contribution in [0.5, 0.6) is 0 Å². The maximum absolute atomic E-state index is 13.3. The molecule has 7 heteroatoms. The molecule has 2 amide bonds. The molecule has 4 nitrogen and oxygen atoms in total. The third kappa shape index (κ3) is 5.13. The van der Waals surface area contributed by atoms with Gasteiger partial charge < -0.3 is 10.6 Å². The van der Waals surface area contributed by atoms with E-state index in [2.05, 4.69) is 5.32 Å². The molecule has 1 rings (SSSR count). The van der Waals surface area contributed by atoms with E-state index in [0.29, 0.717) is 6.07 Å². The minimum Gasteiger partial charge on any atom is -0.343 e. The molecule has 0 saturated carbocycles. The highest BCUT2D eigenvalue weighted by atomic mass is 19.2. The number of allylic oxidation sites excluding steroid dienone is 3. The summed E-state index contributed by atoms with van der Waals surface area (Å²) in [4.78, 5) is 22.7. The van der Waals surface area contributed by atoms with Crippen LogP contribution >= 0.6 is 0 Å². The third-order valence-electron chi connectivity index (χ3n) is 2.28. The van der Waals surface area contributed by atoms with Gasteiger partial charge in [0.2, 0.25) is 11.8 Å². The molecular weight excluding hydrogens is 285 g/mol. The zero-order valence-corrected chi connectivity index (χ0v) is 11.1. The normalized spacial score (nSPS) is 11.0. The fourth-order valence-corrected chi connectivity index (χ4v) is 1.30. The minimum atomic E-state index is -1.67. The summed E-state index contributed by atoms with van der Waals surface area (Å²) >= 11 is 0. The Hall–Kier alpha value is -2.57. The molecule has 0 bridgehead atoms. The minimum absolute atomic E-state index is 0.433. The van der Waals surface area contributed by atoms with Crippen molar-refractivity contribution < 1.29 is 22.8 Å². The van der Waals surface area contributed by atoms with Gasteiger partial charge in [-0.25, -0.2) is 13.2 Å². The highest BCUT2D eigenvalue weighted by Crippen LogP contribution is 2.19. The van der Waals surface area contributed by atoms with Gasteiger partial charge >= 0.3 is 0 Å². The van der Waals surface area contributed by atoms with Gasteiger partial charge in [0.25, 0.3) is 0 Å². The van der Waals surface area contributed by atoms with E-state index < -0.39 is 41.5 Å². The fourth-order valence-electron chi connectivity index (χ4n) is 1.30. The average Bonchev–Trinajstić information content (AvgIpc) is 2.46. The SMILES string of the molecule is CC=CC=CC(=O)NCC(=O)Nc1ccc(F)c(F)c1F. The summed E-state index contributed by atoms with van der Waals surface area (Å²) in [5, 5.41) is 4.27. The highest BCUT2D eigenvalue weighted by Gasteiger charge is 2.15. The Balaban J connectivity index is 2.55. The van der Waals surface area contributed by atoms with Crippen LogP contribution < -0.4 is 10.6 Å². The van der Waals surface area contributed by atoms with Crippen molar-refractivity contribution in [2.24, 2.45) is 0 Å². The second kappa shape index (κ2) is 7.88. The van der Waals surface area contributed by atoms with Gasteiger partial charge in [-0.3, -0.25) is 9.59 Å². The molecule has 0 atom stereocenters. The summed E-state index contributed by atoms with van der Waals surface area (Å²) in [7, 11) is 0. The predicted molar refractivity (Wildman–Crippen MR) is 71.9 cm³/mol. The standard InChI is InChI=1S/C14H13F3N2O2/c1-2-3-4-5-11(20)18-8-12(21)19-10-7-6-9(15)13(16)14(10)17/h2-7H,8H2,1H3,(H,18,20)(H,19,21). The molecule has 21 heavy (non-hydrogen) atoms. The first-order valence-electron chi connectivity index (χ1n) is 5.96. The molecule has 0 heterocycles. The largest absolute Gasteiger partial charge is 0.343 e. The number of nitrogens with one attached hydrogen (secondary N) is 2. The zero-order chi connectivity index (χ0) is 15.8. The number of anilines is 1. The summed E-state index contributed by atoms with van der Waals surface area (Å²) in [5.74, 6) is -5.82. The van der Waals surface area contributed by atoms with Crippen molar-refractivity contribution in [3.05, 3.63) is 53.9 Å². The van der Waals surface area contributed by atoms with Gasteiger partial charge in [-0.1, -0.05) is 18.2 Å². The van der Waals surface area contributed by atoms with Crippen LogP contribution in [0.25, 0.3) is 0 Å². The molecule has 1 aromatic carbocycles. The first-order valence-corrected chi connectivity index (χ1v) is 5.96. The number of carbonyl (C=O) groups is 2. The van der Waals surface area contributed by atoms with E-state index in [1.165, 1.54) is 12.2 Å². The van der Waals surface area contributed by atoms with Crippen molar-refractivity contribution in [3.63, 3.8) is 0 Å². The Morgan fingerprint density at radius 1 is 1.14 bits per heavy atom. The Labute approximate surface area is 119 Å². The van der Waals surface area contributed by atoms with Crippen molar-refractivity contribution in [2.75, 3.05) is 11.9 Å². The zero-order valence-electron chi connectivity index (χ0n) is 11.1. The lowest BCUT2D eigenvalue weighted by Gasteiger charge is -2.07. The molecule has 0 fully saturated rings. The van der Waals surface area contributed by atoms with Crippen molar-refractivity contribution >= 4 is 17.5 Å². The molecule has 0 aliphatic heterocycles. The Morgan fingerprint density at radius 3 is 2.52 bits per heavy atom. The molecule has 112 valence electrons. The number of rotatable bonds is 5. The highest BCUT2D eigenvalue weighted by molar-refractivity contribution is 5.96. The van der Waals surface area contributed by atoms with Gasteiger partial charge in [0.05, 0.1) is 12.2 Å². The fraction of sp³-hybridized carbons (Fsp3) is 0.143. The molecule has 2 N–H and O–H groups in total. The van der Waals surface area contributed by atoms with Gasteiger partial charge in [0.1, 0.15) is 0 Å². The maximum Gasteiger partial charge on any atom is 0.244 e. The van der Waals surface area contributed by atoms with Gasteiger partial charge in [-0.05, 0) is 19.1 Å². The number of hydrogen-bond donors (Lipinski definition) is 2. The lowest BCUT2D eigenvalue weighted by atomic mass is 10.2. The number of amides is 2. The molecule has 0 saturated heterocycles. The van der Waals surface area contributed by atoms with Crippen LogP contribution in [0.1, 0.15) is 6.92 Å². The van der Waals surface area contributed by atoms with Crippen LogP contribution in [0.15, 0.2) is 36.4 Å². The Bertz CT molecular complexity index is 598. The third-order valence-corrected chi connectivity index (χ3v) is 2.28. The van der Waals surface area contributed by atoms with Crippen LogP contribution in [-0.2, 0) is 9.59 Å². The van der Waals surface area contributed by atoms with E-state index in [9.17, 15) is 22.8 Å². The van der Waals surface area contributed by atoms with Crippen LogP contribution in [0, 0.1) is 17.5 Å². The first-order chi connectivity index (χ1) is 9.95. The second-order valence-electron chi connectivity index (χ2n) is 3.87. The van der Waals surface area contributed by atoms with Crippen molar-refractivity contribution in [2.45, 2.75) is 6.92 Å². The van der Waals surface area contributed by atoms with Gasteiger partial charge in [0.15, 0.2) is 17.5 Å². The predicted octanol–water partition coefficient (Wildman–Crippen LogP) is 2.29. The molecule has 0 radical (unpaired) electrons. The van der Waals surface area contributed by atoms with Crippen LogP contribution in [0.2, 0.25) is 0 Å². The number of benzene rings is 1. The molecule has 1 aromatic rings. The Kier molecular flexibility index (Phi) is 6.19. The lowest BCUT2D eigenvalue weighted by Crippen LogP contribution is -2.32. The number of halogens is 3. The molecule has 0 aliphatic rings. The van der Waals surface area contributed by atoms with Gasteiger partial charge in [0, 0.05) is 6.08 Å². The van der Waals surface area contributed by atoms with Crippen molar-refractivity contribution in [1.29, 1.82) is 0 Å². The van der Waals surface area contributed by atoms with Crippen LogP contribution in [-0.4, -0.2) is 18.4 Å². The summed E-state index contributed by atoms with van der Waals surface area (Å²) in [6.45, 7) is 1.34. The second-order valence-corrected chi connectivity index (χ2v) is 3.87. The topological polar surface area (TPSA) is 58.2 Å². The monoisotopic (exact) mass is 298 g/mol. The van der Waals surface area contributed by atoms with Crippen molar-refractivity contribution in [1.82, 2.24) is 5.32 Å². The smallest absolute Gasteiger partial charge is 0.244 e. The van der Waals surface area contributed by atoms with Gasteiger partial charge in [-0.2, -0.15) is 0 Å². The summed E-state index contributed by atoms with van der Waals surface area (Å²) < 4.78 is 38.9. The van der Waals surface area contributed by atoms with E-state index in [4.69, 9.17) is 0 Å². The number of hydrogen-bond acceptors (Lipinski definition) is 2. The number of carbonyl (C=O) groups excluding carboxylic acids is 2. The molecular formula is C14H13F3N2O2. The quantitative estimate of drug-likeness (QED) is 0.498. The van der Waals surface area contributed by atoms with Crippen LogP contribution in [0.4, 0.5) is 18.9 Å². The molecule has 0 spiro atoms. The molecule has 0 aromatic heterocycles. The van der Waals surface area contributed by atoms with E-state index in [1.807, 2.05) is 5.32 Å². The Morgan fingerprint density at radius 2 is 1.86 bits per heavy atom. The first kappa shape index (κ1) is 16.5. The average molecular weight is 298 g/mol. The molecule has 0 aliphatic carbocycles. The lowest BCUT2D eigenvalue weighted by molar-refractivity contribution is -0.121. The maximum atomic E-state index is 13.3. The van der Waals surface area contributed by atoms with E-state index in [0.717, 1.165) is 6.07 Å².